The maximum atomic E-state index is 12.3. The lowest BCUT2D eigenvalue weighted by atomic mass is 10.2. The van der Waals surface area contributed by atoms with Crippen LogP contribution in [0.25, 0.3) is 0 Å². The monoisotopic (exact) mass is 392 g/mol. The Kier molecular flexibility index (Phi) is 6.81. The highest BCUT2D eigenvalue weighted by molar-refractivity contribution is 7.89. The Hall–Kier alpha value is -2.58. The van der Waals surface area contributed by atoms with E-state index in [1.54, 1.807) is 19.9 Å². The minimum atomic E-state index is -3.69. The van der Waals surface area contributed by atoms with Gasteiger partial charge in [-0.2, -0.15) is 0 Å². The standard InChI is InChI=1S/C19H24N2O5S/c1-13(2)21-27(23,24)15-9-10-18(25-4)16(11-15)20-19(22)12-26-17-8-6-5-7-14(17)3/h5-11,13,21H,12H2,1-4H3,(H,20,22). The largest absolute Gasteiger partial charge is 0.495 e. The normalized spacial score (nSPS) is 11.3. The third-order valence-electron chi connectivity index (χ3n) is 3.60. The number of carbonyl (C=O) groups excluding carboxylic acids is 1. The lowest BCUT2D eigenvalue weighted by molar-refractivity contribution is -0.118. The molecule has 2 aromatic rings. The minimum Gasteiger partial charge on any atom is -0.495 e. The number of methoxy groups -OCH3 is 1. The zero-order valence-corrected chi connectivity index (χ0v) is 16.6. The molecule has 146 valence electrons. The van der Waals surface area contributed by atoms with Gasteiger partial charge in [-0.3, -0.25) is 4.79 Å². The highest BCUT2D eigenvalue weighted by Crippen LogP contribution is 2.27. The number of aryl methyl sites for hydroxylation is 1. The lowest BCUT2D eigenvalue weighted by Gasteiger charge is -2.14. The molecule has 0 unspecified atom stereocenters. The molecule has 0 spiro atoms. The van der Waals surface area contributed by atoms with Crippen molar-refractivity contribution in [3.05, 3.63) is 48.0 Å². The van der Waals surface area contributed by atoms with Gasteiger partial charge in [-0.15, -0.1) is 0 Å². The van der Waals surface area contributed by atoms with Gasteiger partial charge in [0.15, 0.2) is 6.61 Å². The minimum absolute atomic E-state index is 0.0344. The SMILES string of the molecule is COc1ccc(S(=O)(=O)NC(C)C)cc1NC(=O)COc1ccccc1C. The first-order valence-corrected chi connectivity index (χ1v) is 9.90. The first-order valence-electron chi connectivity index (χ1n) is 8.41. The summed E-state index contributed by atoms with van der Waals surface area (Å²) in [6.07, 6.45) is 0. The zero-order chi connectivity index (χ0) is 20.0. The van der Waals surface area contributed by atoms with Crippen LogP contribution in [0.1, 0.15) is 19.4 Å². The van der Waals surface area contributed by atoms with Crippen LogP contribution >= 0.6 is 0 Å². The van der Waals surface area contributed by atoms with Crippen molar-refractivity contribution >= 4 is 21.6 Å². The fourth-order valence-electron chi connectivity index (χ4n) is 2.38. The van der Waals surface area contributed by atoms with Crippen molar-refractivity contribution in [3.8, 4) is 11.5 Å². The molecule has 0 atom stereocenters. The van der Waals surface area contributed by atoms with Gasteiger partial charge >= 0.3 is 0 Å². The molecule has 7 nitrogen and oxygen atoms in total. The van der Waals surface area contributed by atoms with Crippen molar-refractivity contribution in [1.29, 1.82) is 0 Å². The third-order valence-corrected chi connectivity index (χ3v) is 5.25. The average molecular weight is 392 g/mol. The second kappa shape index (κ2) is 8.88. The number of carbonyl (C=O) groups is 1. The predicted octanol–water partition coefficient (Wildman–Crippen LogP) is 2.71. The van der Waals surface area contributed by atoms with E-state index >= 15 is 0 Å². The van der Waals surface area contributed by atoms with Crippen molar-refractivity contribution in [2.75, 3.05) is 19.0 Å². The van der Waals surface area contributed by atoms with Crippen LogP contribution in [0.15, 0.2) is 47.4 Å². The number of sulfonamides is 1. The fourth-order valence-corrected chi connectivity index (χ4v) is 3.66. The van der Waals surface area contributed by atoms with Gasteiger partial charge in [0.05, 0.1) is 17.7 Å². The highest BCUT2D eigenvalue weighted by Gasteiger charge is 2.18. The molecule has 1 amide bonds. The van der Waals surface area contributed by atoms with Crippen LogP contribution in [-0.2, 0) is 14.8 Å². The second-order valence-corrected chi connectivity index (χ2v) is 7.95. The Labute approximate surface area is 159 Å². The van der Waals surface area contributed by atoms with Crippen LogP contribution < -0.4 is 19.5 Å². The van der Waals surface area contributed by atoms with E-state index < -0.39 is 15.9 Å². The number of benzene rings is 2. The number of ether oxygens (including phenoxy) is 2. The first kappa shape index (κ1) is 20.7. The summed E-state index contributed by atoms with van der Waals surface area (Å²) in [5.41, 5.74) is 1.17. The number of para-hydroxylation sites is 1. The molecule has 0 aromatic heterocycles. The van der Waals surface area contributed by atoms with Crippen LogP contribution in [0.2, 0.25) is 0 Å². The van der Waals surface area contributed by atoms with Gasteiger partial charge in [0.25, 0.3) is 5.91 Å². The van der Waals surface area contributed by atoms with Gasteiger partial charge < -0.3 is 14.8 Å². The van der Waals surface area contributed by atoms with Gasteiger partial charge in [0.1, 0.15) is 11.5 Å². The molecule has 0 heterocycles. The number of hydrogen-bond acceptors (Lipinski definition) is 5. The van der Waals surface area contributed by atoms with Crippen molar-refractivity contribution in [1.82, 2.24) is 4.72 Å². The Morgan fingerprint density at radius 2 is 1.81 bits per heavy atom. The molecule has 2 N–H and O–H groups in total. The summed E-state index contributed by atoms with van der Waals surface area (Å²) in [6, 6.07) is 11.4. The predicted molar refractivity (Wildman–Crippen MR) is 104 cm³/mol. The quantitative estimate of drug-likeness (QED) is 0.720. The van der Waals surface area contributed by atoms with Crippen LogP contribution in [0, 0.1) is 6.92 Å². The summed E-state index contributed by atoms with van der Waals surface area (Å²) in [4.78, 5) is 12.3. The Morgan fingerprint density at radius 1 is 1.11 bits per heavy atom. The second-order valence-electron chi connectivity index (χ2n) is 6.24. The van der Waals surface area contributed by atoms with E-state index in [-0.39, 0.29) is 23.2 Å². The van der Waals surface area contributed by atoms with Crippen LogP contribution in [0.3, 0.4) is 0 Å². The molecule has 0 radical (unpaired) electrons. The van der Waals surface area contributed by atoms with E-state index in [0.29, 0.717) is 11.5 Å². The number of anilines is 1. The average Bonchev–Trinajstić information content (AvgIpc) is 2.60. The molecule has 8 heteroatoms. The Balaban J connectivity index is 2.15. The molecule has 0 aliphatic heterocycles. The molecule has 0 bridgehead atoms. The smallest absolute Gasteiger partial charge is 0.262 e. The first-order chi connectivity index (χ1) is 12.7. The van der Waals surface area contributed by atoms with E-state index in [1.807, 2.05) is 25.1 Å². The van der Waals surface area contributed by atoms with Crippen LogP contribution in [-0.4, -0.2) is 34.1 Å². The molecule has 27 heavy (non-hydrogen) atoms. The van der Waals surface area contributed by atoms with E-state index in [4.69, 9.17) is 9.47 Å². The van der Waals surface area contributed by atoms with Crippen LogP contribution in [0.5, 0.6) is 11.5 Å². The molecule has 0 aliphatic carbocycles. The summed E-state index contributed by atoms with van der Waals surface area (Å²) < 4.78 is 37.9. The zero-order valence-electron chi connectivity index (χ0n) is 15.8. The topological polar surface area (TPSA) is 93.7 Å². The summed E-state index contributed by atoms with van der Waals surface area (Å²) in [5, 5.41) is 2.64. The van der Waals surface area contributed by atoms with E-state index in [9.17, 15) is 13.2 Å². The van der Waals surface area contributed by atoms with Gasteiger partial charge in [-0.1, -0.05) is 18.2 Å². The van der Waals surface area contributed by atoms with E-state index in [0.717, 1.165) is 5.56 Å². The molecular weight excluding hydrogens is 368 g/mol. The Morgan fingerprint density at radius 3 is 2.44 bits per heavy atom. The van der Waals surface area contributed by atoms with Gasteiger partial charge in [0.2, 0.25) is 10.0 Å². The summed E-state index contributed by atoms with van der Waals surface area (Å²) in [6.45, 7) is 5.13. The van der Waals surface area contributed by atoms with Gasteiger partial charge in [-0.05, 0) is 50.6 Å². The number of hydrogen-bond donors (Lipinski definition) is 2. The molecule has 2 aromatic carbocycles. The highest BCUT2D eigenvalue weighted by atomic mass is 32.2. The lowest BCUT2D eigenvalue weighted by Crippen LogP contribution is -2.30. The number of amides is 1. The maximum Gasteiger partial charge on any atom is 0.262 e. The number of rotatable bonds is 8. The number of nitrogens with one attached hydrogen (secondary N) is 2. The summed E-state index contributed by atoms with van der Waals surface area (Å²) >= 11 is 0. The molecular formula is C19H24N2O5S. The van der Waals surface area contributed by atoms with Crippen molar-refractivity contribution in [2.24, 2.45) is 0 Å². The van der Waals surface area contributed by atoms with E-state index in [2.05, 4.69) is 10.0 Å². The molecule has 0 saturated carbocycles. The van der Waals surface area contributed by atoms with Crippen molar-refractivity contribution in [3.63, 3.8) is 0 Å². The van der Waals surface area contributed by atoms with E-state index in [1.165, 1.54) is 25.3 Å². The van der Waals surface area contributed by atoms with Crippen molar-refractivity contribution in [2.45, 2.75) is 31.7 Å². The Bertz CT molecular complexity index is 910. The summed E-state index contributed by atoms with van der Waals surface area (Å²) in [5.74, 6) is 0.530. The fraction of sp³-hybridized carbons (Fsp3) is 0.316. The molecule has 0 fully saturated rings. The molecule has 0 aliphatic rings. The third kappa shape index (κ3) is 5.70. The maximum absolute atomic E-state index is 12.3. The molecule has 0 saturated heterocycles. The van der Waals surface area contributed by atoms with Crippen LogP contribution in [0.4, 0.5) is 5.69 Å². The summed E-state index contributed by atoms with van der Waals surface area (Å²) in [7, 11) is -2.25. The van der Waals surface area contributed by atoms with Gasteiger partial charge in [0, 0.05) is 6.04 Å². The molecule has 2 rings (SSSR count). The van der Waals surface area contributed by atoms with Crippen molar-refractivity contribution < 1.29 is 22.7 Å². The van der Waals surface area contributed by atoms with Gasteiger partial charge in [-0.25, -0.2) is 13.1 Å².